The predicted octanol–water partition coefficient (Wildman–Crippen LogP) is 5.93. The highest BCUT2D eigenvalue weighted by molar-refractivity contribution is 5.88. The van der Waals surface area contributed by atoms with Crippen LogP contribution in [0, 0.1) is 29.1 Å². The highest BCUT2D eigenvalue weighted by Crippen LogP contribution is 2.60. The molecule has 0 aromatic carbocycles. The normalized spacial score (nSPS) is 41.9. The molecule has 0 aromatic rings. The van der Waals surface area contributed by atoms with Gasteiger partial charge >= 0.3 is 0 Å². The Morgan fingerprint density at radius 1 is 1.11 bits per heavy atom. The fraction of sp³-hybridized carbons (Fsp3) is 0.654. The average Bonchev–Trinajstić information content (AvgIpc) is 3.40. The number of carbonyl (C=O) groups is 1. The van der Waals surface area contributed by atoms with Crippen LogP contribution in [0.1, 0.15) is 71.6 Å². The van der Waals surface area contributed by atoms with Crippen molar-refractivity contribution in [1.82, 2.24) is 4.90 Å². The van der Waals surface area contributed by atoms with Crippen molar-refractivity contribution in [3.63, 3.8) is 0 Å². The summed E-state index contributed by atoms with van der Waals surface area (Å²) >= 11 is 0. The second-order valence-electron chi connectivity index (χ2n) is 10.6. The van der Waals surface area contributed by atoms with Gasteiger partial charge in [-0.1, -0.05) is 63.3 Å². The average molecular weight is 376 g/mol. The van der Waals surface area contributed by atoms with E-state index in [4.69, 9.17) is 0 Å². The number of carbonyl (C=O) groups excluding carboxylic acids is 1. The zero-order chi connectivity index (χ0) is 19.0. The van der Waals surface area contributed by atoms with Crippen molar-refractivity contribution >= 4 is 5.91 Å². The van der Waals surface area contributed by atoms with Gasteiger partial charge in [-0.15, -0.1) is 0 Å². The molecule has 5 atom stereocenters. The summed E-state index contributed by atoms with van der Waals surface area (Å²) in [6.45, 7) is 5.61. The molecule has 2 nitrogen and oxygen atoms in total. The molecule has 0 spiro atoms. The fourth-order valence-corrected chi connectivity index (χ4v) is 7.25. The van der Waals surface area contributed by atoms with Crippen molar-refractivity contribution in [3.05, 3.63) is 46.2 Å². The molecule has 148 valence electrons. The summed E-state index contributed by atoms with van der Waals surface area (Å²) in [7, 11) is 0. The summed E-state index contributed by atoms with van der Waals surface area (Å²) in [6, 6.07) is 0. The van der Waals surface area contributed by atoms with Crippen molar-refractivity contribution in [2.75, 3.05) is 6.54 Å². The summed E-state index contributed by atoms with van der Waals surface area (Å²) < 4.78 is 0. The third-order valence-electron chi connectivity index (χ3n) is 8.82. The van der Waals surface area contributed by atoms with Gasteiger partial charge in [-0.25, -0.2) is 0 Å². The maximum absolute atomic E-state index is 13.8. The molecular weight excluding hydrogens is 342 g/mol. The molecule has 4 aliphatic carbocycles. The van der Waals surface area contributed by atoms with Crippen LogP contribution >= 0.6 is 0 Å². The highest BCUT2D eigenvalue weighted by atomic mass is 16.2. The summed E-state index contributed by atoms with van der Waals surface area (Å²) in [4.78, 5) is 16.1. The number of rotatable bonds is 0. The second-order valence-corrected chi connectivity index (χ2v) is 10.6. The van der Waals surface area contributed by atoms with E-state index in [2.05, 4.69) is 37.0 Å². The number of amides is 1. The van der Waals surface area contributed by atoms with Crippen LogP contribution in [0.15, 0.2) is 46.2 Å². The smallest absolute Gasteiger partial charge is 0.233 e. The standard InChI is InChI=1S/C26H33NO/c1-16-8-4-3-7-11-26(2)22(16)14-23-24-18(15-27(23)25(26)28)12-17-9-5-6-10-19(17)20-13-21(20)24/h9-10,14,16,18,20,22H,3-8,11-13,15H2,1-2H3. The SMILES string of the molecule is CC1CCCCCC2(C)C(=O)N3CC4CC5=CCCC=C5C5CC5=C4C3=CC12. The van der Waals surface area contributed by atoms with Gasteiger partial charge < -0.3 is 4.90 Å². The Morgan fingerprint density at radius 2 is 1.96 bits per heavy atom. The van der Waals surface area contributed by atoms with Crippen molar-refractivity contribution in [2.45, 2.75) is 71.6 Å². The van der Waals surface area contributed by atoms with Crippen LogP contribution in [0.5, 0.6) is 0 Å². The fourth-order valence-electron chi connectivity index (χ4n) is 7.25. The van der Waals surface area contributed by atoms with Gasteiger partial charge in [-0.05, 0) is 60.7 Å². The van der Waals surface area contributed by atoms with E-state index in [1.54, 1.807) is 22.3 Å². The number of fused-ring (bicyclic) bond motifs is 7. The number of hydrogen-bond acceptors (Lipinski definition) is 1. The van der Waals surface area contributed by atoms with Gasteiger partial charge in [0, 0.05) is 24.1 Å². The first-order valence-corrected chi connectivity index (χ1v) is 11.7. The van der Waals surface area contributed by atoms with Gasteiger partial charge in [-0.3, -0.25) is 4.79 Å². The third kappa shape index (κ3) is 2.30. The molecule has 0 bridgehead atoms. The van der Waals surface area contributed by atoms with Gasteiger partial charge in [0.2, 0.25) is 5.91 Å². The van der Waals surface area contributed by atoms with E-state index in [0.717, 1.165) is 19.4 Å². The molecule has 2 aliphatic heterocycles. The van der Waals surface area contributed by atoms with E-state index in [1.165, 1.54) is 50.6 Å². The lowest BCUT2D eigenvalue weighted by atomic mass is 9.63. The maximum atomic E-state index is 13.8. The lowest BCUT2D eigenvalue weighted by Crippen LogP contribution is -2.50. The summed E-state index contributed by atoms with van der Waals surface area (Å²) in [5.41, 5.74) is 7.65. The zero-order valence-electron chi connectivity index (χ0n) is 17.5. The van der Waals surface area contributed by atoms with Crippen LogP contribution in [0.3, 0.4) is 0 Å². The number of nitrogens with zero attached hydrogens (tertiary/aromatic N) is 1. The first-order chi connectivity index (χ1) is 13.6. The Kier molecular flexibility index (Phi) is 3.69. The molecule has 2 heterocycles. The first kappa shape index (κ1) is 17.3. The molecule has 0 N–H and O–H groups in total. The van der Waals surface area contributed by atoms with Crippen LogP contribution in [0.4, 0.5) is 0 Å². The quantitative estimate of drug-likeness (QED) is 0.514. The Labute approximate surface area is 169 Å². The van der Waals surface area contributed by atoms with E-state index in [0.29, 0.717) is 29.6 Å². The van der Waals surface area contributed by atoms with E-state index < -0.39 is 0 Å². The van der Waals surface area contributed by atoms with E-state index >= 15 is 0 Å². The zero-order valence-corrected chi connectivity index (χ0v) is 17.5. The molecule has 0 radical (unpaired) electrons. The third-order valence-corrected chi connectivity index (χ3v) is 8.82. The van der Waals surface area contributed by atoms with Gasteiger partial charge in [0.25, 0.3) is 0 Å². The summed E-state index contributed by atoms with van der Waals surface area (Å²) in [6.07, 6.45) is 18.6. The topological polar surface area (TPSA) is 20.3 Å². The molecule has 2 heteroatoms. The second kappa shape index (κ2) is 5.97. The van der Waals surface area contributed by atoms with Crippen LogP contribution < -0.4 is 0 Å². The van der Waals surface area contributed by atoms with E-state index in [1.807, 2.05) is 0 Å². The molecule has 0 aromatic heterocycles. The van der Waals surface area contributed by atoms with Crippen LogP contribution in [0.2, 0.25) is 0 Å². The van der Waals surface area contributed by atoms with E-state index in [-0.39, 0.29) is 5.41 Å². The minimum absolute atomic E-state index is 0.184. The molecule has 1 saturated heterocycles. The monoisotopic (exact) mass is 375 g/mol. The maximum Gasteiger partial charge on any atom is 0.233 e. The summed E-state index contributed by atoms with van der Waals surface area (Å²) in [5.74, 6) is 2.68. The molecule has 6 aliphatic rings. The Bertz CT molecular complexity index is 871. The largest absolute Gasteiger partial charge is 0.311 e. The lowest BCUT2D eigenvalue weighted by Gasteiger charge is -2.46. The van der Waals surface area contributed by atoms with Crippen molar-refractivity contribution < 1.29 is 4.79 Å². The molecule has 2 saturated carbocycles. The van der Waals surface area contributed by atoms with Gasteiger partial charge in [-0.2, -0.15) is 0 Å². The predicted molar refractivity (Wildman–Crippen MR) is 112 cm³/mol. The van der Waals surface area contributed by atoms with Crippen molar-refractivity contribution in [3.8, 4) is 0 Å². The Morgan fingerprint density at radius 3 is 2.86 bits per heavy atom. The minimum Gasteiger partial charge on any atom is -0.311 e. The lowest BCUT2D eigenvalue weighted by molar-refractivity contribution is -0.144. The summed E-state index contributed by atoms with van der Waals surface area (Å²) in [5, 5.41) is 0. The van der Waals surface area contributed by atoms with Gasteiger partial charge in [0.15, 0.2) is 0 Å². The Hall–Kier alpha value is -1.57. The molecular formula is C26H33NO. The Balaban J connectivity index is 1.46. The molecule has 1 amide bonds. The number of hydrogen-bond donors (Lipinski definition) is 0. The van der Waals surface area contributed by atoms with Crippen LogP contribution in [-0.4, -0.2) is 17.4 Å². The van der Waals surface area contributed by atoms with Crippen LogP contribution in [-0.2, 0) is 4.79 Å². The molecule has 6 rings (SSSR count). The molecule has 5 unspecified atom stereocenters. The van der Waals surface area contributed by atoms with E-state index in [9.17, 15) is 4.79 Å². The highest BCUT2D eigenvalue weighted by Gasteiger charge is 2.55. The van der Waals surface area contributed by atoms with Gasteiger partial charge in [0.05, 0.1) is 5.41 Å². The van der Waals surface area contributed by atoms with Crippen molar-refractivity contribution in [1.29, 1.82) is 0 Å². The van der Waals surface area contributed by atoms with Crippen LogP contribution in [0.25, 0.3) is 0 Å². The molecule has 28 heavy (non-hydrogen) atoms. The first-order valence-electron chi connectivity index (χ1n) is 11.7. The van der Waals surface area contributed by atoms with Crippen molar-refractivity contribution in [2.24, 2.45) is 29.1 Å². The number of allylic oxidation sites excluding steroid dienone is 7. The molecule has 3 fully saturated rings. The minimum atomic E-state index is -0.184. The van der Waals surface area contributed by atoms with Gasteiger partial charge in [0.1, 0.15) is 0 Å².